The Balaban J connectivity index is 1.65. The molecule has 3 atom stereocenters. The van der Waals surface area contributed by atoms with E-state index in [9.17, 15) is 24.0 Å². The van der Waals surface area contributed by atoms with Gasteiger partial charge < -0.3 is 24.4 Å². The summed E-state index contributed by atoms with van der Waals surface area (Å²) < 4.78 is 15.3. The maximum absolute atomic E-state index is 13.3. The molecule has 1 aromatic rings. The third-order valence-electron chi connectivity index (χ3n) is 5.49. The minimum absolute atomic E-state index is 0.0654. The maximum Gasteiger partial charge on any atom is 0.413 e. The summed E-state index contributed by atoms with van der Waals surface area (Å²) in [6.07, 6.45) is 1.49. The van der Waals surface area contributed by atoms with Crippen LogP contribution in [0.15, 0.2) is 21.9 Å². The van der Waals surface area contributed by atoms with Crippen molar-refractivity contribution in [1.82, 2.24) is 15.2 Å². The van der Waals surface area contributed by atoms with Crippen LogP contribution in [0.3, 0.4) is 0 Å². The molecule has 3 heterocycles. The number of anilines is 1. The van der Waals surface area contributed by atoms with Gasteiger partial charge in [0.2, 0.25) is 12.7 Å². The van der Waals surface area contributed by atoms with Crippen LogP contribution in [0.25, 0.3) is 5.57 Å². The van der Waals surface area contributed by atoms with Gasteiger partial charge in [-0.15, -0.1) is 23.1 Å². The Kier molecular flexibility index (Phi) is 10.1. The van der Waals surface area contributed by atoms with Crippen molar-refractivity contribution in [1.29, 1.82) is 0 Å². The Bertz CT molecular complexity index is 1280. The number of thiazole rings is 1. The van der Waals surface area contributed by atoms with E-state index in [-0.39, 0.29) is 15.7 Å². The van der Waals surface area contributed by atoms with E-state index in [4.69, 9.17) is 25.8 Å². The molecule has 41 heavy (non-hydrogen) atoms. The molecule has 3 amide bonds. The van der Waals surface area contributed by atoms with Crippen LogP contribution in [0.5, 0.6) is 0 Å². The summed E-state index contributed by atoms with van der Waals surface area (Å²) in [7, 11) is 0. The first-order valence-corrected chi connectivity index (χ1v) is 14.9. The molecular formula is C26H33ClN4O8S2. The van der Waals surface area contributed by atoms with Crippen LogP contribution in [0.1, 0.15) is 60.6 Å². The number of hydrogen-bond acceptors (Lipinski definition) is 11. The highest BCUT2D eigenvalue weighted by molar-refractivity contribution is 8.03. The highest BCUT2D eigenvalue weighted by atomic mass is 35.5. The van der Waals surface area contributed by atoms with E-state index in [2.05, 4.69) is 15.6 Å². The van der Waals surface area contributed by atoms with Crippen molar-refractivity contribution < 1.29 is 38.2 Å². The van der Waals surface area contributed by atoms with Crippen LogP contribution in [-0.4, -0.2) is 69.6 Å². The summed E-state index contributed by atoms with van der Waals surface area (Å²) >= 11 is 8.54. The van der Waals surface area contributed by atoms with E-state index in [1.165, 1.54) is 22.1 Å². The summed E-state index contributed by atoms with van der Waals surface area (Å²) in [4.78, 5) is 68.6. The summed E-state index contributed by atoms with van der Waals surface area (Å²) in [5, 5.41) is 8.07. The monoisotopic (exact) mass is 628 g/mol. The molecule has 12 nitrogen and oxygen atoms in total. The summed E-state index contributed by atoms with van der Waals surface area (Å²) in [6.45, 7) is 11.4. The van der Waals surface area contributed by atoms with Crippen LogP contribution in [0, 0.1) is 5.41 Å². The van der Waals surface area contributed by atoms with Gasteiger partial charge in [0.1, 0.15) is 17.0 Å². The summed E-state index contributed by atoms with van der Waals surface area (Å²) in [6, 6.07) is -2.18. The van der Waals surface area contributed by atoms with Crippen LogP contribution < -0.4 is 10.6 Å². The lowest BCUT2D eigenvalue weighted by molar-refractivity contribution is -0.178. The van der Waals surface area contributed by atoms with Crippen molar-refractivity contribution in [3.63, 3.8) is 0 Å². The minimum Gasteiger partial charge on any atom is -0.444 e. The zero-order chi connectivity index (χ0) is 30.7. The number of aromatic nitrogens is 1. The number of fused-ring (bicyclic) bond motifs is 1. The number of thioether (sulfide) groups is 1. The van der Waals surface area contributed by atoms with E-state index in [1.807, 2.05) is 6.92 Å². The molecular weight excluding hydrogens is 596 g/mol. The summed E-state index contributed by atoms with van der Waals surface area (Å²) in [5.74, 6) is -2.50. The van der Waals surface area contributed by atoms with Gasteiger partial charge in [-0.1, -0.05) is 24.6 Å². The molecule has 1 aromatic heterocycles. The standard InChI is InChI=1S/C26H33ClN4O8S2/c1-8-9-13(15-11-41-23(28-15)30-24(36)39-26(5,6)7)18(32)29-16-19(33)31-17(14(27)10-40-20(16)31)21(34)37-12-38-22(35)25(2,3)4/h9-11,16-17,20H,8,12H2,1-7H3,(H,29,32)(H,28,30,36)/b13-9-/t16-,17?,20-/m1/s1. The Morgan fingerprint density at radius 3 is 2.44 bits per heavy atom. The first-order valence-electron chi connectivity index (χ1n) is 12.7. The predicted octanol–water partition coefficient (Wildman–Crippen LogP) is 4.22. The van der Waals surface area contributed by atoms with Gasteiger partial charge in [0.05, 0.1) is 21.7 Å². The molecule has 224 valence electrons. The molecule has 0 spiro atoms. The Morgan fingerprint density at radius 1 is 1.15 bits per heavy atom. The van der Waals surface area contributed by atoms with Gasteiger partial charge in [0, 0.05) is 5.38 Å². The molecule has 0 aliphatic carbocycles. The molecule has 0 radical (unpaired) electrons. The number of rotatable bonds is 8. The van der Waals surface area contributed by atoms with Crippen molar-refractivity contribution in [2.45, 2.75) is 77.9 Å². The van der Waals surface area contributed by atoms with Crippen LogP contribution in [0.4, 0.5) is 9.93 Å². The highest BCUT2D eigenvalue weighted by Gasteiger charge is 2.56. The van der Waals surface area contributed by atoms with E-state index in [0.717, 1.165) is 11.3 Å². The first kappa shape index (κ1) is 32.4. The average Bonchev–Trinajstić information content (AvgIpc) is 3.31. The number of hydrogen-bond donors (Lipinski definition) is 2. The Hall–Kier alpha value is -3.10. The summed E-state index contributed by atoms with van der Waals surface area (Å²) in [5.41, 5.74) is -0.936. The second kappa shape index (κ2) is 12.8. The molecule has 2 aliphatic heterocycles. The normalized spacial score (nSPS) is 20.7. The number of ether oxygens (including phenoxy) is 3. The molecule has 15 heteroatoms. The fourth-order valence-electron chi connectivity index (χ4n) is 3.61. The highest BCUT2D eigenvalue weighted by Crippen LogP contribution is 2.41. The predicted molar refractivity (Wildman–Crippen MR) is 155 cm³/mol. The zero-order valence-electron chi connectivity index (χ0n) is 23.7. The second-order valence-electron chi connectivity index (χ2n) is 11.1. The van der Waals surface area contributed by atoms with Gasteiger partial charge in [0.25, 0.3) is 5.91 Å². The molecule has 0 bridgehead atoms. The molecule has 1 unspecified atom stereocenters. The first-order chi connectivity index (χ1) is 19.0. The lowest BCUT2D eigenvalue weighted by atomic mass is 9.98. The van der Waals surface area contributed by atoms with E-state index in [1.54, 1.807) is 53.0 Å². The van der Waals surface area contributed by atoms with Crippen molar-refractivity contribution in [2.24, 2.45) is 5.41 Å². The molecule has 3 rings (SSSR count). The zero-order valence-corrected chi connectivity index (χ0v) is 26.1. The number of amides is 3. The van der Waals surface area contributed by atoms with E-state index >= 15 is 0 Å². The van der Waals surface area contributed by atoms with Gasteiger partial charge in [-0.05, 0) is 53.4 Å². The number of nitrogens with zero attached hydrogens (tertiary/aromatic N) is 2. The Morgan fingerprint density at radius 2 is 1.83 bits per heavy atom. The van der Waals surface area contributed by atoms with Gasteiger partial charge >= 0.3 is 18.0 Å². The molecule has 1 saturated heterocycles. The van der Waals surface area contributed by atoms with Gasteiger partial charge in [-0.3, -0.25) is 19.7 Å². The number of β-lactam (4-membered cyclic amide) rings is 1. The second-order valence-corrected chi connectivity index (χ2v) is 13.4. The van der Waals surface area contributed by atoms with Crippen LogP contribution in [0.2, 0.25) is 0 Å². The SMILES string of the molecule is CC/C=C(\C(=O)N[C@@H]1C(=O)N2C(C(=O)OCOC(=O)C(C)(C)C)C(Cl)=CS[C@H]12)c1csc(NC(=O)OC(C)(C)C)n1. The number of esters is 2. The van der Waals surface area contributed by atoms with Crippen molar-refractivity contribution in [3.05, 3.63) is 27.6 Å². The number of nitrogens with one attached hydrogen (secondary N) is 2. The van der Waals surface area contributed by atoms with Crippen LogP contribution >= 0.6 is 34.7 Å². The van der Waals surface area contributed by atoms with Crippen molar-refractivity contribution >= 4 is 75.3 Å². The van der Waals surface area contributed by atoms with Gasteiger partial charge in [-0.25, -0.2) is 14.6 Å². The number of halogens is 1. The third kappa shape index (κ3) is 8.01. The number of carbonyl (C=O) groups is 5. The van der Waals surface area contributed by atoms with Crippen molar-refractivity contribution in [2.75, 3.05) is 12.1 Å². The van der Waals surface area contributed by atoms with Crippen LogP contribution in [-0.2, 0) is 33.4 Å². The van der Waals surface area contributed by atoms with Gasteiger partial charge in [-0.2, -0.15) is 0 Å². The Labute approximate surface area is 251 Å². The van der Waals surface area contributed by atoms with Gasteiger partial charge in [0.15, 0.2) is 11.2 Å². The quantitative estimate of drug-likeness (QED) is 0.185. The van der Waals surface area contributed by atoms with E-state index < -0.39 is 65.1 Å². The number of allylic oxidation sites excluding steroid dienone is 1. The molecule has 0 saturated carbocycles. The number of carbonyl (C=O) groups excluding carboxylic acids is 5. The third-order valence-corrected chi connectivity index (χ3v) is 7.86. The lowest BCUT2D eigenvalue weighted by Gasteiger charge is -2.50. The maximum atomic E-state index is 13.3. The largest absolute Gasteiger partial charge is 0.444 e. The molecule has 2 aliphatic rings. The minimum atomic E-state index is -1.23. The fraction of sp³-hybridized carbons (Fsp3) is 0.538. The molecule has 2 N–H and O–H groups in total. The smallest absolute Gasteiger partial charge is 0.413 e. The molecule has 0 aromatic carbocycles. The lowest BCUT2D eigenvalue weighted by Crippen LogP contribution is -2.73. The fourth-order valence-corrected chi connectivity index (χ4v) is 5.76. The topological polar surface area (TPSA) is 153 Å². The average molecular weight is 629 g/mol. The molecule has 1 fully saturated rings. The van der Waals surface area contributed by atoms with E-state index in [0.29, 0.717) is 12.1 Å². The van der Waals surface area contributed by atoms with Crippen molar-refractivity contribution in [3.8, 4) is 0 Å².